The second-order valence-electron chi connectivity index (χ2n) is 6.41. The van der Waals surface area contributed by atoms with Crippen molar-refractivity contribution in [3.63, 3.8) is 0 Å². The fourth-order valence-corrected chi connectivity index (χ4v) is 3.95. The first-order chi connectivity index (χ1) is 13.8. The zero-order valence-corrected chi connectivity index (χ0v) is 18.2. The maximum absolute atomic E-state index is 12.4. The van der Waals surface area contributed by atoms with Gasteiger partial charge in [-0.05, 0) is 38.1 Å². The van der Waals surface area contributed by atoms with Crippen LogP contribution in [0.25, 0.3) is 11.3 Å². The summed E-state index contributed by atoms with van der Waals surface area (Å²) in [6.45, 7) is 3.89. The number of hydrogen-bond donors (Lipinski definition) is 2. The molecule has 0 aliphatic carbocycles. The molecule has 1 unspecified atom stereocenters. The van der Waals surface area contributed by atoms with Gasteiger partial charge in [-0.25, -0.2) is 4.98 Å². The van der Waals surface area contributed by atoms with Gasteiger partial charge < -0.3 is 10.6 Å². The van der Waals surface area contributed by atoms with Gasteiger partial charge in [0.25, 0.3) is 5.91 Å². The molecule has 150 valence electrons. The molecule has 0 bridgehead atoms. The molecule has 0 saturated heterocycles. The highest BCUT2D eigenvalue weighted by atomic mass is 35.5. The molecule has 8 heteroatoms. The lowest BCUT2D eigenvalue weighted by molar-refractivity contribution is -0.122. The number of benzene rings is 2. The number of aromatic nitrogens is 1. The Morgan fingerprint density at radius 1 is 1.10 bits per heavy atom. The Morgan fingerprint density at radius 3 is 2.48 bits per heavy atom. The molecule has 3 rings (SSSR count). The molecule has 2 aromatic carbocycles. The van der Waals surface area contributed by atoms with Crippen LogP contribution in [0.1, 0.15) is 27.2 Å². The van der Waals surface area contributed by atoms with Gasteiger partial charge in [0, 0.05) is 15.5 Å². The van der Waals surface area contributed by atoms with Crippen molar-refractivity contribution in [2.24, 2.45) is 0 Å². The van der Waals surface area contributed by atoms with Crippen LogP contribution in [0.15, 0.2) is 48.5 Å². The van der Waals surface area contributed by atoms with Crippen LogP contribution in [0.2, 0.25) is 10.0 Å². The Balaban J connectivity index is 1.59. The topological polar surface area (TPSA) is 71.1 Å². The molecule has 0 spiro atoms. The highest BCUT2D eigenvalue weighted by Crippen LogP contribution is 2.28. The molecule has 29 heavy (non-hydrogen) atoms. The van der Waals surface area contributed by atoms with Crippen LogP contribution in [-0.2, 0) is 11.3 Å². The summed E-state index contributed by atoms with van der Waals surface area (Å²) in [5.74, 6) is -0.695. The van der Waals surface area contributed by atoms with Gasteiger partial charge in [0.1, 0.15) is 11.0 Å². The third kappa shape index (κ3) is 5.35. The van der Waals surface area contributed by atoms with Crippen LogP contribution in [0.3, 0.4) is 0 Å². The predicted octanol–water partition coefficient (Wildman–Crippen LogP) is 4.86. The zero-order chi connectivity index (χ0) is 21.0. The number of nitrogens with one attached hydrogen (secondary N) is 2. The first-order valence-corrected chi connectivity index (χ1v) is 10.5. The van der Waals surface area contributed by atoms with E-state index in [1.807, 2.05) is 31.2 Å². The van der Waals surface area contributed by atoms with E-state index in [2.05, 4.69) is 15.6 Å². The molecular weight excluding hydrogens is 429 g/mol. The number of carbonyl (C=O) groups excluding carboxylic acids is 2. The van der Waals surface area contributed by atoms with E-state index in [1.165, 1.54) is 11.3 Å². The molecular formula is C21H19Cl2N3O2S. The number of hydrogen-bond acceptors (Lipinski definition) is 4. The normalized spacial score (nSPS) is 11.7. The third-order valence-corrected chi connectivity index (χ3v) is 5.78. The lowest BCUT2D eigenvalue weighted by atomic mass is 10.1. The van der Waals surface area contributed by atoms with Crippen LogP contribution in [0.4, 0.5) is 0 Å². The van der Waals surface area contributed by atoms with Crippen LogP contribution in [-0.4, -0.2) is 22.8 Å². The Hall–Kier alpha value is -2.41. The Kier molecular flexibility index (Phi) is 6.90. The van der Waals surface area contributed by atoms with E-state index in [0.717, 1.165) is 21.1 Å². The molecule has 2 N–H and O–H groups in total. The minimum atomic E-state index is -0.712. The summed E-state index contributed by atoms with van der Waals surface area (Å²) >= 11 is 13.5. The summed E-state index contributed by atoms with van der Waals surface area (Å²) in [5, 5.41) is 7.26. The molecule has 0 saturated carbocycles. The number of nitrogens with zero attached hydrogens (tertiary/aromatic N) is 1. The van der Waals surface area contributed by atoms with Gasteiger partial charge in [-0.3, -0.25) is 9.59 Å². The smallest absolute Gasteiger partial charge is 0.253 e. The molecule has 5 nitrogen and oxygen atoms in total. The molecule has 0 radical (unpaired) electrons. The van der Waals surface area contributed by atoms with E-state index in [0.29, 0.717) is 15.6 Å². The van der Waals surface area contributed by atoms with Crippen molar-refractivity contribution < 1.29 is 9.59 Å². The number of halogens is 2. The number of aryl methyl sites for hydroxylation is 1. The lowest BCUT2D eigenvalue weighted by Gasteiger charge is -2.14. The molecule has 0 aliphatic rings. The zero-order valence-electron chi connectivity index (χ0n) is 15.8. The maximum Gasteiger partial charge on any atom is 0.253 e. The van der Waals surface area contributed by atoms with Gasteiger partial charge in [0.05, 0.1) is 22.8 Å². The highest BCUT2D eigenvalue weighted by molar-refractivity contribution is 7.12. The Bertz CT molecular complexity index is 1030. The summed E-state index contributed by atoms with van der Waals surface area (Å²) in [5.41, 5.74) is 2.18. The average Bonchev–Trinajstić information content (AvgIpc) is 3.07. The molecule has 1 heterocycles. The molecule has 0 fully saturated rings. The first-order valence-electron chi connectivity index (χ1n) is 8.90. The van der Waals surface area contributed by atoms with Gasteiger partial charge in [-0.2, -0.15) is 0 Å². The van der Waals surface area contributed by atoms with Crippen LogP contribution < -0.4 is 10.6 Å². The number of amides is 2. The minimum Gasteiger partial charge on any atom is -0.348 e. The predicted molar refractivity (Wildman–Crippen MR) is 118 cm³/mol. The van der Waals surface area contributed by atoms with E-state index in [9.17, 15) is 9.59 Å². The minimum absolute atomic E-state index is 0.282. The van der Waals surface area contributed by atoms with Gasteiger partial charge in [-0.1, -0.05) is 47.5 Å². The highest BCUT2D eigenvalue weighted by Gasteiger charge is 2.18. The lowest BCUT2D eigenvalue weighted by Crippen LogP contribution is -2.44. The van der Waals surface area contributed by atoms with Crippen molar-refractivity contribution in [1.29, 1.82) is 0 Å². The van der Waals surface area contributed by atoms with Crippen molar-refractivity contribution >= 4 is 46.4 Å². The fourth-order valence-electron chi connectivity index (χ4n) is 2.70. The summed E-state index contributed by atoms with van der Waals surface area (Å²) in [6.07, 6.45) is 0. The third-order valence-electron chi connectivity index (χ3n) is 4.23. The summed E-state index contributed by atoms with van der Waals surface area (Å²) in [6, 6.07) is 13.5. The van der Waals surface area contributed by atoms with Gasteiger partial charge in [-0.15, -0.1) is 11.3 Å². The number of rotatable bonds is 6. The largest absolute Gasteiger partial charge is 0.348 e. The maximum atomic E-state index is 12.4. The molecule has 1 atom stereocenters. The van der Waals surface area contributed by atoms with Crippen molar-refractivity contribution in [3.8, 4) is 11.3 Å². The van der Waals surface area contributed by atoms with Crippen molar-refractivity contribution in [1.82, 2.24) is 15.6 Å². The van der Waals surface area contributed by atoms with Crippen LogP contribution in [0.5, 0.6) is 0 Å². The van der Waals surface area contributed by atoms with Gasteiger partial charge in [0.2, 0.25) is 5.91 Å². The average molecular weight is 448 g/mol. The van der Waals surface area contributed by atoms with E-state index >= 15 is 0 Å². The van der Waals surface area contributed by atoms with Gasteiger partial charge >= 0.3 is 0 Å². The SMILES string of the molecule is Cc1sc(CNC(=O)C(C)NC(=O)c2ccccc2Cl)nc1-c1ccc(Cl)cc1. The second-order valence-corrected chi connectivity index (χ2v) is 8.54. The van der Waals surface area contributed by atoms with Crippen molar-refractivity contribution in [3.05, 3.63) is 74.0 Å². The standard InChI is InChI=1S/C21H19Cl2N3O2S/c1-12(25-21(28)16-5-3-4-6-17(16)23)20(27)24-11-18-26-19(13(2)29-18)14-7-9-15(22)10-8-14/h3-10,12H,11H2,1-2H3,(H,24,27)(H,25,28). The van der Waals surface area contributed by atoms with E-state index < -0.39 is 11.9 Å². The van der Waals surface area contributed by atoms with Crippen LogP contribution >= 0.6 is 34.5 Å². The molecule has 0 aliphatic heterocycles. The molecule has 1 aromatic heterocycles. The van der Waals surface area contributed by atoms with Crippen molar-refractivity contribution in [2.45, 2.75) is 26.4 Å². The van der Waals surface area contributed by atoms with E-state index in [4.69, 9.17) is 23.2 Å². The number of thiazole rings is 1. The van der Waals surface area contributed by atoms with Gasteiger partial charge in [0.15, 0.2) is 0 Å². The monoisotopic (exact) mass is 447 g/mol. The number of carbonyl (C=O) groups is 2. The summed E-state index contributed by atoms with van der Waals surface area (Å²) in [7, 11) is 0. The Labute approximate surface area is 183 Å². The quantitative estimate of drug-likeness (QED) is 0.566. The second kappa shape index (κ2) is 9.39. The molecule has 3 aromatic rings. The van der Waals surface area contributed by atoms with E-state index in [1.54, 1.807) is 31.2 Å². The molecule has 2 amide bonds. The van der Waals surface area contributed by atoms with Crippen molar-refractivity contribution in [2.75, 3.05) is 0 Å². The van der Waals surface area contributed by atoms with Crippen LogP contribution in [0, 0.1) is 6.92 Å². The fraction of sp³-hybridized carbons (Fsp3) is 0.190. The summed E-state index contributed by atoms with van der Waals surface area (Å²) < 4.78 is 0. The summed E-state index contributed by atoms with van der Waals surface area (Å²) in [4.78, 5) is 30.3. The first kappa shape index (κ1) is 21.3. The Morgan fingerprint density at radius 2 is 1.79 bits per heavy atom. The van der Waals surface area contributed by atoms with E-state index in [-0.39, 0.29) is 12.5 Å².